The summed E-state index contributed by atoms with van der Waals surface area (Å²) in [5.74, 6) is -0.568. The topological polar surface area (TPSA) is 216 Å². The van der Waals surface area contributed by atoms with Gasteiger partial charge in [0, 0.05) is 0 Å². The summed E-state index contributed by atoms with van der Waals surface area (Å²) in [4.78, 5) is 13.1. The molecular formula is C41H66O13. The molecule has 4 saturated carbocycles. The molecule has 13 heteroatoms. The number of aliphatic hydroxyl groups is 7. The molecule has 8 N–H and O–H groups in total. The van der Waals surface area contributed by atoms with Crippen molar-refractivity contribution < 1.29 is 64.6 Å². The minimum atomic E-state index is -1.60. The molecule has 0 aromatic rings. The molecule has 0 unspecified atom stereocenters. The molecule has 0 amide bonds. The normalized spacial score (nSPS) is 53.9. The summed E-state index contributed by atoms with van der Waals surface area (Å²) in [7, 11) is 0. The lowest BCUT2D eigenvalue weighted by Crippen LogP contribution is -2.68. The number of hydrogen-bond acceptors (Lipinski definition) is 12. The molecule has 18 atom stereocenters. The number of carboxylic acid groups (broad SMARTS) is 1. The molecule has 7 aliphatic rings. The first-order valence-electron chi connectivity index (χ1n) is 20.3. The number of aliphatic hydroxyl groups excluding tert-OH is 7. The fourth-order valence-electron chi connectivity index (χ4n) is 13.4. The largest absolute Gasteiger partial charge is 0.481 e. The lowest BCUT2D eigenvalue weighted by molar-refractivity contribution is -0.340. The molecule has 13 nitrogen and oxygen atoms in total. The van der Waals surface area contributed by atoms with Crippen molar-refractivity contribution in [3.63, 3.8) is 0 Å². The molecule has 308 valence electrons. The van der Waals surface area contributed by atoms with Gasteiger partial charge in [-0.2, -0.15) is 0 Å². The highest BCUT2D eigenvalue weighted by molar-refractivity contribution is 5.77. The van der Waals surface area contributed by atoms with E-state index in [-0.39, 0.29) is 64.1 Å². The van der Waals surface area contributed by atoms with Crippen LogP contribution in [0.4, 0.5) is 0 Å². The monoisotopic (exact) mass is 766 g/mol. The zero-order valence-corrected chi connectivity index (χ0v) is 33.1. The van der Waals surface area contributed by atoms with E-state index in [1.807, 2.05) is 0 Å². The number of allylic oxidation sites excluding steroid dienone is 2. The Morgan fingerprint density at radius 2 is 1.48 bits per heavy atom. The number of carboxylic acids is 1. The number of rotatable bonds is 6. The van der Waals surface area contributed by atoms with E-state index in [1.54, 1.807) is 0 Å². The summed E-state index contributed by atoms with van der Waals surface area (Å²) < 4.78 is 23.6. The van der Waals surface area contributed by atoms with Gasteiger partial charge >= 0.3 is 5.97 Å². The first-order chi connectivity index (χ1) is 25.0. The van der Waals surface area contributed by atoms with Crippen LogP contribution >= 0.6 is 0 Å². The van der Waals surface area contributed by atoms with Crippen molar-refractivity contribution in [2.75, 3.05) is 13.2 Å². The Morgan fingerprint density at radius 3 is 2.17 bits per heavy atom. The van der Waals surface area contributed by atoms with Crippen molar-refractivity contribution in [2.45, 2.75) is 174 Å². The minimum Gasteiger partial charge on any atom is -0.481 e. The Labute approximate surface area is 319 Å². The van der Waals surface area contributed by atoms with Crippen LogP contribution in [0, 0.1) is 50.2 Å². The molecule has 7 rings (SSSR count). The van der Waals surface area contributed by atoms with Crippen molar-refractivity contribution >= 4 is 5.97 Å². The highest BCUT2D eigenvalue weighted by atomic mass is 16.7. The SMILES string of the molecule is CC1(C)CC[C@]2(C(=O)O)[C@H](O)C[C@]3(C)C(=CC[C@@H]4[C@@]5(C)CC[C@H](O[C@@H]6O[C@H](CO[C@@H]7OC[C@H](O)[C@H](O)[C@H]7O)[C@@H](O)[C@H](O)[C@H]6O)C(C)(C)[C@@H]5CC[C@]43C)[C@@H]2C1. The molecular weight excluding hydrogens is 700 g/mol. The smallest absolute Gasteiger partial charge is 0.312 e. The third-order valence-electron chi connectivity index (χ3n) is 16.9. The minimum absolute atomic E-state index is 0.0105. The summed E-state index contributed by atoms with van der Waals surface area (Å²) in [6.07, 6.45) is -4.94. The fourth-order valence-corrected chi connectivity index (χ4v) is 13.4. The van der Waals surface area contributed by atoms with Crippen LogP contribution in [0.15, 0.2) is 11.6 Å². The zero-order valence-electron chi connectivity index (χ0n) is 33.1. The molecule has 0 spiro atoms. The van der Waals surface area contributed by atoms with E-state index >= 15 is 0 Å². The maximum Gasteiger partial charge on any atom is 0.312 e. The molecule has 2 heterocycles. The Bertz CT molecular complexity index is 1470. The van der Waals surface area contributed by atoms with Gasteiger partial charge in [-0.3, -0.25) is 4.79 Å². The summed E-state index contributed by atoms with van der Waals surface area (Å²) in [5.41, 5.74) is -0.924. The molecule has 0 aromatic heterocycles. The second-order valence-electron chi connectivity index (χ2n) is 20.4. The lowest BCUT2D eigenvalue weighted by Gasteiger charge is -2.71. The van der Waals surface area contributed by atoms with Gasteiger partial charge < -0.3 is 59.8 Å². The zero-order chi connectivity index (χ0) is 39.6. The van der Waals surface area contributed by atoms with Gasteiger partial charge in [-0.15, -0.1) is 0 Å². The molecule has 54 heavy (non-hydrogen) atoms. The number of aliphatic carboxylic acids is 1. The summed E-state index contributed by atoms with van der Waals surface area (Å²) in [5, 5.41) is 85.4. The van der Waals surface area contributed by atoms with E-state index < -0.39 is 72.8 Å². The average Bonchev–Trinajstić information content (AvgIpc) is 3.08. The van der Waals surface area contributed by atoms with Crippen molar-refractivity contribution in [1.29, 1.82) is 0 Å². The van der Waals surface area contributed by atoms with Crippen LogP contribution in [0.3, 0.4) is 0 Å². The number of carbonyl (C=O) groups is 1. The van der Waals surface area contributed by atoms with Gasteiger partial charge in [0.1, 0.15) is 48.1 Å². The number of hydrogen-bond donors (Lipinski definition) is 8. The van der Waals surface area contributed by atoms with Crippen LogP contribution in [0.25, 0.3) is 0 Å². The second kappa shape index (κ2) is 13.7. The quantitative estimate of drug-likeness (QED) is 0.144. The van der Waals surface area contributed by atoms with Gasteiger partial charge in [0.2, 0.25) is 0 Å². The first kappa shape index (κ1) is 40.9. The number of fused-ring (bicyclic) bond motifs is 7. The van der Waals surface area contributed by atoms with E-state index in [9.17, 15) is 45.6 Å². The lowest BCUT2D eigenvalue weighted by atomic mass is 9.33. The summed E-state index contributed by atoms with van der Waals surface area (Å²) in [6.45, 7) is 15.4. The Balaban J connectivity index is 1.10. The van der Waals surface area contributed by atoms with Crippen LogP contribution in [0.5, 0.6) is 0 Å². The van der Waals surface area contributed by atoms with Crippen LogP contribution in [0.2, 0.25) is 0 Å². The van der Waals surface area contributed by atoms with Gasteiger partial charge in [0.15, 0.2) is 12.6 Å². The van der Waals surface area contributed by atoms with Crippen molar-refractivity contribution in [3.05, 3.63) is 11.6 Å². The van der Waals surface area contributed by atoms with Crippen molar-refractivity contribution in [2.24, 2.45) is 50.2 Å². The summed E-state index contributed by atoms with van der Waals surface area (Å²) in [6, 6.07) is 0. The van der Waals surface area contributed by atoms with Gasteiger partial charge in [0.05, 0.1) is 25.4 Å². The van der Waals surface area contributed by atoms with Crippen LogP contribution < -0.4 is 0 Å². The Morgan fingerprint density at radius 1 is 0.796 bits per heavy atom. The number of ether oxygens (including phenoxy) is 4. The molecule has 2 saturated heterocycles. The standard InChI is InChI=1S/C41H66O13/c1-36(2)14-15-41(35(49)50)21(16-36)20-8-9-25-38(5)12-11-27(37(3,4)24(38)10-13-39(25,6)40(20,7)17-26(41)43)54-34-32(48)30(46)29(45)23(53-34)19-52-33-31(47)28(44)22(42)18-51-33/h8,21-34,42-48H,9-19H2,1-7H3,(H,49,50)/t21-,22-,23+,24-,25+,26+,27-,28-,29+,30-,31+,32+,33-,34-,38-,39+,40+,41+/m0/s1. The maximum absolute atomic E-state index is 13.1. The molecule has 5 aliphatic carbocycles. The van der Waals surface area contributed by atoms with Gasteiger partial charge in [-0.05, 0) is 103 Å². The van der Waals surface area contributed by atoms with Crippen LogP contribution in [-0.4, -0.2) is 128 Å². The first-order valence-corrected chi connectivity index (χ1v) is 20.3. The molecule has 0 aromatic carbocycles. The predicted molar refractivity (Wildman–Crippen MR) is 193 cm³/mol. The highest BCUT2D eigenvalue weighted by Crippen LogP contribution is 2.76. The Hall–Kier alpha value is -1.23. The molecule has 2 aliphatic heterocycles. The molecule has 0 radical (unpaired) electrons. The van der Waals surface area contributed by atoms with Gasteiger partial charge in [-0.25, -0.2) is 0 Å². The van der Waals surface area contributed by atoms with E-state index in [1.165, 1.54) is 5.57 Å². The third kappa shape index (κ3) is 5.92. The molecule has 6 fully saturated rings. The molecule has 0 bridgehead atoms. The van der Waals surface area contributed by atoms with Gasteiger partial charge in [0.25, 0.3) is 0 Å². The third-order valence-corrected chi connectivity index (χ3v) is 16.9. The summed E-state index contributed by atoms with van der Waals surface area (Å²) >= 11 is 0. The van der Waals surface area contributed by atoms with Crippen molar-refractivity contribution in [3.8, 4) is 0 Å². The van der Waals surface area contributed by atoms with E-state index in [0.717, 1.165) is 38.5 Å². The van der Waals surface area contributed by atoms with Gasteiger partial charge in [-0.1, -0.05) is 60.1 Å². The predicted octanol–water partition coefficient (Wildman–Crippen LogP) is 2.49. The maximum atomic E-state index is 13.1. The van der Waals surface area contributed by atoms with Crippen molar-refractivity contribution in [1.82, 2.24) is 0 Å². The van der Waals surface area contributed by atoms with E-state index in [0.29, 0.717) is 19.3 Å². The van der Waals surface area contributed by atoms with E-state index in [2.05, 4.69) is 54.5 Å². The Kier molecular flexibility index (Phi) is 10.4. The van der Waals surface area contributed by atoms with Crippen LogP contribution in [-0.2, 0) is 23.7 Å². The average molecular weight is 767 g/mol. The highest BCUT2D eigenvalue weighted by Gasteiger charge is 2.71. The van der Waals surface area contributed by atoms with E-state index in [4.69, 9.17) is 18.9 Å². The second-order valence-corrected chi connectivity index (χ2v) is 20.4. The van der Waals surface area contributed by atoms with Crippen LogP contribution in [0.1, 0.15) is 106 Å². The fraction of sp³-hybridized carbons (Fsp3) is 0.927.